The van der Waals surface area contributed by atoms with E-state index in [9.17, 15) is 9.90 Å². The van der Waals surface area contributed by atoms with E-state index < -0.39 is 0 Å². The minimum absolute atomic E-state index is 0.0434. The first kappa shape index (κ1) is 28.4. The zero-order valence-electron chi connectivity index (χ0n) is 24.0. The van der Waals surface area contributed by atoms with Crippen LogP contribution in [-0.2, 0) is 0 Å². The van der Waals surface area contributed by atoms with Crippen molar-refractivity contribution in [3.8, 4) is 22.5 Å². The first-order valence-electron chi connectivity index (χ1n) is 14.2. The normalized spacial score (nSPS) is 11.2. The first-order valence-corrected chi connectivity index (χ1v) is 14.2. The Balaban J connectivity index is 2.00. The molecule has 0 N–H and O–H groups in total. The van der Waals surface area contributed by atoms with Crippen molar-refractivity contribution in [3.05, 3.63) is 71.6 Å². The van der Waals surface area contributed by atoms with E-state index in [2.05, 4.69) is 73.6 Å². The number of carbonyl (C=O) groups excluding carboxylic acids is 1. The van der Waals surface area contributed by atoms with Gasteiger partial charge >= 0.3 is 0 Å². The van der Waals surface area contributed by atoms with Crippen molar-refractivity contribution in [2.24, 2.45) is 0 Å². The highest BCUT2D eigenvalue weighted by molar-refractivity contribution is 6.09. The molecule has 4 rings (SSSR count). The largest absolute Gasteiger partial charge is 0.854 e. The van der Waals surface area contributed by atoms with Crippen LogP contribution in [-0.4, -0.2) is 57.2 Å². The molecule has 206 valence electrons. The summed E-state index contributed by atoms with van der Waals surface area (Å²) in [6.45, 7) is 12.7. The zero-order valence-corrected chi connectivity index (χ0v) is 24.0. The van der Waals surface area contributed by atoms with Crippen LogP contribution in [0.4, 0.5) is 5.69 Å². The van der Waals surface area contributed by atoms with Gasteiger partial charge in [-0.3, -0.25) is 4.79 Å². The van der Waals surface area contributed by atoms with Gasteiger partial charge in [0.1, 0.15) is 24.4 Å². The standard InChI is InChI=1S/C33H41N3O3/c1-6-35(7-2)24-16-18-28-30(22-24)39-31-23-25(36(8-3)9-4)17-19-29(31)32(28)26-14-10-11-15-27(26)33(38)34(5)20-12-13-21-37/h10-11,14-19,22-23H,6-9,12-13,20-21H2,1-5H3. The van der Waals surface area contributed by atoms with Crippen molar-refractivity contribution in [3.63, 3.8) is 0 Å². The molecule has 0 atom stereocenters. The molecule has 6 heteroatoms. The number of anilines is 1. The van der Waals surface area contributed by atoms with Crippen LogP contribution in [0.15, 0.2) is 65.1 Å². The second kappa shape index (κ2) is 12.9. The maximum atomic E-state index is 13.7. The molecular weight excluding hydrogens is 486 g/mol. The number of unbranched alkanes of at least 4 members (excludes halogenated alkanes) is 1. The summed E-state index contributed by atoms with van der Waals surface area (Å²) >= 11 is 0. The molecule has 0 fully saturated rings. The van der Waals surface area contributed by atoms with Crippen molar-refractivity contribution in [1.82, 2.24) is 9.48 Å². The Hall–Kier alpha value is -3.64. The molecule has 1 amide bonds. The third-order valence-electron chi connectivity index (χ3n) is 7.61. The fourth-order valence-corrected chi connectivity index (χ4v) is 5.37. The smallest absolute Gasteiger partial charge is 0.254 e. The van der Waals surface area contributed by atoms with Gasteiger partial charge in [-0.05, 0) is 63.9 Å². The summed E-state index contributed by atoms with van der Waals surface area (Å²) < 4.78 is 8.91. The molecule has 0 spiro atoms. The van der Waals surface area contributed by atoms with Gasteiger partial charge in [0.05, 0.1) is 6.07 Å². The van der Waals surface area contributed by atoms with Gasteiger partial charge in [-0.25, -0.2) is 4.58 Å². The maximum absolute atomic E-state index is 13.7. The van der Waals surface area contributed by atoms with Crippen LogP contribution in [0.5, 0.6) is 0 Å². The van der Waals surface area contributed by atoms with E-state index in [-0.39, 0.29) is 12.5 Å². The van der Waals surface area contributed by atoms with Gasteiger partial charge in [0, 0.05) is 66.6 Å². The van der Waals surface area contributed by atoms with Gasteiger partial charge in [-0.15, -0.1) is 6.61 Å². The van der Waals surface area contributed by atoms with Gasteiger partial charge < -0.3 is 19.3 Å². The van der Waals surface area contributed by atoms with Crippen molar-refractivity contribution in [2.45, 2.75) is 40.5 Å². The highest BCUT2D eigenvalue weighted by atomic mass is 16.3. The number of hydrogen-bond acceptors (Lipinski definition) is 4. The monoisotopic (exact) mass is 527 g/mol. The van der Waals surface area contributed by atoms with E-state index in [0.717, 1.165) is 70.6 Å². The van der Waals surface area contributed by atoms with Crippen LogP contribution in [0.3, 0.4) is 0 Å². The Morgan fingerprint density at radius 2 is 1.64 bits per heavy atom. The number of hydrogen-bond donors (Lipinski definition) is 0. The van der Waals surface area contributed by atoms with Gasteiger partial charge in [0.2, 0.25) is 5.36 Å². The quantitative estimate of drug-likeness (QED) is 0.155. The number of rotatable bonds is 11. The summed E-state index contributed by atoms with van der Waals surface area (Å²) in [5, 5.41) is 13.0. The summed E-state index contributed by atoms with van der Waals surface area (Å²) in [5.41, 5.74) is 5.42. The summed E-state index contributed by atoms with van der Waals surface area (Å²) in [7, 11) is 1.81. The Bertz CT molecular complexity index is 1460. The van der Waals surface area contributed by atoms with E-state index >= 15 is 0 Å². The summed E-state index contributed by atoms with van der Waals surface area (Å²) in [4.78, 5) is 17.7. The van der Waals surface area contributed by atoms with Gasteiger partial charge in [0.25, 0.3) is 5.91 Å². The summed E-state index contributed by atoms with van der Waals surface area (Å²) in [6, 6.07) is 20.6. The minimum atomic E-state index is -0.116. The molecule has 2 aromatic carbocycles. The van der Waals surface area contributed by atoms with E-state index in [1.807, 2.05) is 31.3 Å². The van der Waals surface area contributed by atoms with Crippen LogP contribution in [0, 0.1) is 0 Å². The summed E-state index contributed by atoms with van der Waals surface area (Å²) in [5.74, 6) is 0.753. The van der Waals surface area contributed by atoms with Crippen LogP contribution in [0.2, 0.25) is 0 Å². The zero-order chi connectivity index (χ0) is 27.9. The van der Waals surface area contributed by atoms with E-state index in [1.54, 1.807) is 4.90 Å². The van der Waals surface area contributed by atoms with Gasteiger partial charge in [-0.1, -0.05) is 24.6 Å². The lowest BCUT2D eigenvalue weighted by atomic mass is 9.90. The fourth-order valence-electron chi connectivity index (χ4n) is 5.37. The van der Waals surface area contributed by atoms with Crippen molar-refractivity contribution < 1.29 is 14.3 Å². The average molecular weight is 528 g/mol. The van der Waals surface area contributed by atoms with Crippen molar-refractivity contribution in [2.75, 3.05) is 51.3 Å². The molecule has 2 aromatic rings. The van der Waals surface area contributed by atoms with E-state index in [0.29, 0.717) is 24.9 Å². The van der Waals surface area contributed by atoms with E-state index in [1.165, 1.54) is 0 Å². The van der Waals surface area contributed by atoms with Crippen LogP contribution < -0.4 is 19.9 Å². The lowest BCUT2D eigenvalue weighted by molar-refractivity contribution is -0.368. The molecule has 2 aliphatic rings. The Morgan fingerprint density at radius 1 is 0.897 bits per heavy atom. The molecule has 0 saturated carbocycles. The first-order chi connectivity index (χ1) is 19.0. The number of fused-ring (bicyclic) bond motifs is 2. The fraction of sp³-hybridized carbons (Fsp3) is 0.394. The second-order valence-electron chi connectivity index (χ2n) is 9.87. The predicted octanol–water partition coefficient (Wildman–Crippen LogP) is 5.08. The highest BCUT2D eigenvalue weighted by Gasteiger charge is 2.24. The lowest BCUT2D eigenvalue weighted by Gasteiger charge is -2.23. The molecule has 1 heterocycles. The number of carbonyl (C=O) groups is 1. The van der Waals surface area contributed by atoms with Crippen molar-refractivity contribution in [1.29, 1.82) is 0 Å². The Kier molecular flexibility index (Phi) is 9.41. The average Bonchev–Trinajstić information content (AvgIpc) is 2.96. The number of benzene rings is 3. The van der Waals surface area contributed by atoms with Crippen LogP contribution in [0.1, 0.15) is 50.9 Å². The van der Waals surface area contributed by atoms with Gasteiger partial charge in [0.15, 0.2) is 0 Å². The number of nitrogens with zero attached hydrogens (tertiary/aromatic N) is 3. The van der Waals surface area contributed by atoms with E-state index in [4.69, 9.17) is 4.42 Å². The lowest BCUT2D eigenvalue weighted by Crippen LogP contribution is -2.29. The third-order valence-corrected chi connectivity index (χ3v) is 7.61. The second-order valence-corrected chi connectivity index (χ2v) is 9.87. The maximum Gasteiger partial charge on any atom is 0.254 e. The third kappa shape index (κ3) is 5.86. The number of amides is 1. The molecule has 1 aliphatic carbocycles. The SMILES string of the molecule is CCN(CC)c1ccc2c(-c3ccccc3C(=O)N(C)CCCC[O-])c3ccc(=[N+](CC)CC)cc-3oc2c1. The van der Waals surface area contributed by atoms with Gasteiger partial charge in [-0.2, -0.15) is 0 Å². The molecule has 39 heavy (non-hydrogen) atoms. The molecule has 0 saturated heterocycles. The van der Waals surface area contributed by atoms with Crippen LogP contribution >= 0.6 is 0 Å². The van der Waals surface area contributed by atoms with Crippen LogP contribution in [0.25, 0.3) is 33.4 Å². The topological polar surface area (TPSA) is 62.8 Å². The molecule has 0 radical (unpaired) electrons. The molecule has 0 aromatic heterocycles. The highest BCUT2D eigenvalue weighted by Crippen LogP contribution is 2.42. The Labute approximate surface area is 232 Å². The molecule has 0 unspecified atom stereocenters. The summed E-state index contributed by atoms with van der Waals surface area (Å²) in [6.07, 6.45) is 1.27. The Morgan fingerprint density at radius 3 is 2.33 bits per heavy atom. The molecule has 6 nitrogen and oxygen atoms in total. The van der Waals surface area contributed by atoms with Crippen molar-refractivity contribution >= 4 is 22.6 Å². The molecular formula is C33H41N3O3. The molecule has 0 bridgehead atoms. The minimum Gasteiger partial charge on any atom is -0.854 e. The molecule has 1 aliphatic heterocycles. The predicted molar refractivity (Wildman–Crippen MR) is 159 cm³/mol.